The molecule has 1 aromatic rings. The van der Waals surface area contributed by atoms with Crippen LogP contribution in [0.4, 0.5) is 5.69 Å². The number of fused-ring (bicyclic) bond motifs is 1. The monoisotopic (exact) mass is 236 g/mol. The van der Waals surface area contributed by atoms with Crippen molar-refractivity contribution >= 4 is 23.2 Å². The third-order valence-electron chi connectivity index (χ3n) is 3.43. The first-order chi connectivity index (χ1) is 7.75. The molecule has 1 amide bonds. The molecule has 1 aliphatic heterocycles. The quantitative estimate of drug-likeness (QED) is 0.812. The SMILES string of the molecule is O=C1C2CCCC2NN1c1ccc(Cl)cc1. The number of hydrogen-bond acceptors (Lipinski definition) is 2. The van der Waals surface area contributed by atoms with E-state index < -0.39 is 0 Å². The summed E-state index contributed by atoms with van der Waals surface area (Å²) >= 11 is 5.83. The van der Waals surface area contributed by atoms with E-state index in [1.807, 2.05) is 12.1 Å². The number of carbonyl (C=O) groups is 1. The van der Waals surface area contributed by atoms with Gasteiger partial charge in [-0.3, -0.25) is 4.79 Å². The van der Waals surface area contributed by atoms with Crippen LogP contribution in [0.1, 0.15) is 19.3 Å². The van der Waals surface area contributed by atoms with Gasteiger partial charge in [0, 0.05) is 11.1 Å². The number of halogens is 1. The molecule has 1 N–H and O–H groups in total. The molecule has 16 heavy (non-hydrogen) atoms. The van der Waals surface area contributed by atoms with E-state index in [1.165, 1.54) is 0 Å². The van der Waals surface area contributed by atoms with E-state index in [9.17, 15) is 4.79 Å². The topological polar surface area (TPSA) is 32.3 Å². The van der Waals surface area contributed by atoms with E-state index >= 15 is 0 Å². The normalized spacial score (nSPS) is 28.6. The molecule has 1 saturated heterocycles. The number of anilines is 1. The molecule has 1 heterocycles. The Morgan fingerprint density at radius 2 is 2.00 bits per heavy atom. The van der Waals surface area contributed by atoms with Crippen molar-refractivity contribution in [2.45, 2.75) is 25.3 Å². The van der Waals surface area contributed by atoms with E-state index in [4.69, 9.17) is 11.6 Å². The lowest BCUT2D eigenvalue weighted by Crippen LogP contribution is -2.37. The lowest BCUT2D eigenvalue weighted by Gasteiger charge is -2.18. The van der Waals surface area contributed by atoms with E-state index in [-0.39, 0.29) is 11.8 Å². The van der Waals surface area contributed by atoms with Crippen LogP contribution >= 0.6 is 11.6 Å². The molecule has 4 heteroatoms. The molecule has 1 aliphatic carbocycles. The summed E-state index contributed by atoms with van der Waals surface area (Å²) in [4.78, 5) is 12.1. The lowest BCUT2D eigenvalue weighted by molar-refractivity contribution is -0.120. The van der Waals surface area contributed by atoms with Crippen LogP contribution in [0, 0.1) is 5.92 Å². The average Bonchev–Trinajstić information content (AvgIpc) is 2.84. The Bertz CT molecular complexity index is 418. The summed E-state index contributed by atoms with van der Waals surface area (Å²) in [5, 5.41) is 2.36. The molecule has 0 radical (unpaired) electrons. The largest absolute Gasteiger partial charge is 0.273 e. The smallest absolute Gasteiger partial charge is 0.246 e. The van der Waals surface area contributed by atoms with Crippen LogP contribution < -0.4 is 10.4 Å². The summed E-state index contributed by atoms with van der Waals surface area (Å²) in [6.07, 6.45) is 3.27. The maximum Gasteiger partial charge on any atom is 0.246 e. The molecular formula is C12H13ClN2O. The number of hydrazine groups is 1. The Hall–Kier alpha value is -1.06. The fraction of sp³-hybridized carbons (Fsp3) is 0.417. The number of amides is 1. The fourth-order valence-electron chi connectivity index (χ4n) is 2.60. The highest BCUT2D eigenvalue weighted by atomic mass is 35.5. The van der Waals surface area contributed by atoms with Crippen LogP contribution in [0.15, 0.2) is 24.3 Å². The maximum absolute atomic E-state index is 12.1. The van der Waals surface area contributed by atoms with Crippen LogP contribution in [0.3, 0.4) is 0 Å². The van der Waals surface area contributed by atoms with Crippen molar-refractivity contribution in [3.63, 3.8) is 0 Å². The van der Waals surface area contributed by atoms with Crippen LogP contribution in [-0.4, -0.2) is 11.9 Å². The van der Waals surface area contributed by atoms with Gasteiger partial charge in [-0.2, -0.15) is 0 Å². The molecular weight excluding hydrogens is 224 g/mol. The molecule has 2 aliphatic rings. The Labute approximate surface area is 99.4 Å². The van der Waals surface area contributed by atoms with Gasteiger partial charge in [-0.05, 0) is 37.1 Å². The van der Waals surface area contributed by atoms with Gasteiger partial charge in [0.05, 0.1) is 11.6 Å². The first kappa shape index (κ1) is 10.1. The maximum atomic E-state index is 12.1. The Balaban J connectivity index is 1.86. The number of carbonyl (C=O) groups excluding carboxylic acids is 1. The van der Waals surface area contributed by atoms with Gasteiger partial charge < -0.3 is 0 Å². The number of rotatable bonds is 1. The number of nitrogens with one attached hydrogen (secondary N) is 1. The summed E-state index contributed by atoms with van der Waals surface area (Å²) in [5.74, 6) is 0.375. The van der Waals surface area contributed by atoms with Gasteiger partial charge in [0.25, 0.3) is 0 Å². The zero-order valence-corrected chi connectivity index (χ0v) is 9.57. The van der Waals surface area contributed by atoms with Gasteiger partial charge >= 0.3 is 0 Å². The van der Waals surface area contributed by atoms with Crippen molar-refractivity contribution in [1.82, 2.24) is 5.43 Å². The van der Waals surface area contributed by atoms with Crippen LogP contribution in [0.25, 0.3) is 0 Å². The third kappa shape index (κ3) is 1.51. The van der Waals surface area contributed by atoms with Crippen molar-refractivity contribution < 1.29 is 4.79 Å². The number of benzene rings is 1. The molecule has 2 fully saturated rings. The summed E-state index contributed by atoms with van der Waals surface area (Å²) in [7, 11) is 0. The number of nitrogens with zero attached hydrogens (tertiary/aromatic N) is 1. The minimum atomic E-state index is 0.177. The fourth-order valence-corrected chi connectivity index (χ4v) is 2.72. The molecule has 3 nitrogen and oxygen atoms in total. The summed E-state index contributed by atoms with van der Waals surface area (Å²) < 4.78 is 0. The molecule has 1 aromatic carbocycles. The van der Waals surface area contributed by atoms with Gasteiger partial charge in [-0.25, -0.2) is 10.4 Å². The minimum Gasteiger partial charge on any atom is -0.273 e. The molecule has 3 rings (SSSR count). The molecule has 2 unspecified atom stereocenters. The zero-order chi connectivity index (χ0) is 11.1. The molecule has 2 atom stereocenters. The minimum absolute atomic E-state index is 0.177. The average molecular weight is 237 g/mol. The predicted molar refractivity (Wildman–Crippen MR) is 63.2 cm³/mol. The summed E-state index contributed by atoms with van der Waals surface area (Å²) in [6.45, 7) is 0. The Morgan fingerprint density at radius 3 is 2.69 bits per heavy atom. The van der Waals surface area contributed by atoms with Crippen LogP contribution in [0.2, 0.25) is 5.02 Å². The first-order valence-corrected chi connectivity index (χ1v) is 5.99. The second kappa shape index (κ2) is 3.75. The van der Waals surface area contributed by atoms with Gasteiger partial charge in [-0.1, -0.05) is 18.0 Å². The van der Waals surface area contributed by atoms with Crippen molar-refractivity contribution in [2.75, 3.05) is 5.01 Å². The van der Waals surface area contributed by atoms with E-state index in [0.717, 1.165) is 24.9 Å². The molecule has 0 aromatic heterocycles. The molecule has 0 bridgehead atoms. The van der Waals surface area contributed by atoms with E-state index in [2.05, 4.69) is 5.43 Å². The first-order valence-electron chi connectivity index (χ1n) is 5.61. The highest BCUT2D eigenvalue weighted by Gasteiger charge is 2.43. The predicted octanol–water partition coefficient (Wildman–Crippen LogP) is 2.36. The Kier molecular flexibility index (Phi) is 2.37. The van der Waals surface area contributed by atoms with E-state index in [1.54, 1.807) is 17.1 Å². The molecule has 0 spiro atoms. The second-order valence-electron chi connectivity index (χ2n) is 4.42. The van der Waals surface area contributed by atoms with Gasteiger partial charge in [0.1, 0.15) is 0 Å². The van der Waals surface area contributed by atoms with Gasteiger partial charge in [0.2, 0.25) is 5.91 Å². The highest BCUT2D eigenvalue weighted by Crippen LogP contribution is 2.34. The lowest BCUT2D eigenvalue weighted by atomic mass is 10.1. The zero-order valence-electron chi connectivity index (χ0n) is 8.82. The standard InChI is InChI=1S/C12H13ClN2O/c13-8-4-6-9(7-5-8)15-12(16)10-2-1-3-11(10)14-15/h4-7,10-11,14H,1-3H2. The van der Waals surface area contributed by atoms with Crippen molar-refractivity contribution in [1.29, 1.82) is 0 Å². The van der Waals surface area contributed by atoms with E-state index in [0.29, 0.717) is 11.1 Å². The van der Waals surface area contributed by atoms with Crippen molar-refractivity contribution in [3.8, 4) is 0 Å². The second-order valence-corrected chi connectivity index (χ2v) is 4.86. The summed E-state index contributed by atoms with van der Waals surface area (Å²) in [6, 6.07) is 7.69. The van der Waals surface area contributed by atoms with Crippen LogP contribution in [0.5, 0.6) is 0 Å². The molecule has 1 saturated carbocycles. The number of hydrogen-bond donors (Lipinski definition) is 1. The molecule has 84 valence electrons. The summed E-state index contributed by atoms with van der Waals surface area (Å²) in [5.41, 5.74) is 4.16. The van der Waals surface area contributed by atoms with Gasteiger partial charge in [-0.15, -0.1) is 0 Å². The Morgan fingerprint density at radius 1 is 1.25 bits per heavy atom. The van der Waals surface area contributed by atoms with Crippen LogP contribution in [-0.2, 0) is 4.79 Å². The van der Waals surface area contributed by atoms with Crippen molar-refractivity contribution in [3.05, 3.63) is 29.3 Å². The third-order valence-corrected chi connectivity index (χ3v) is 3.69. The highest BCUT2D eigenvalue weighted by molar-refractivity contribution is 6.30. The van der Waals surface area contributed by atoms with Crippen molar-refractivity contribution in [2.24, 2.45) is 5.92 Å². The van der Waals surface area contributed by atoms with Gasteiger partial charge in [0.15, 0.2) is 0 Å².